The Balaban J connectivity index is 2.25. The number of nitrogens with one attached hydrogen (secondary N) is 1. The SMILES string of the molecule is CCc1ccc(-c2[nH]c3c(C)c(Cl)ccc3c2CC(=O)O)cc1. The molecule has 2 N–H and O–H groups in total. The van der Waals surface area contributed by atoms with E-state index < -0.39 is 5.97 Å². The van der Waals surface area contributed by atoms with Gasteiger partial charge in [-0.25, -0.2) is 0 Å². The van der Waals surface area contributed by atoms with E-state index in [1.807, 2.05) is 31.2 Å². The molecule has 0 aliphatic carbocycles. The molecule has 0 aliphatic rings. The Morgan fingerprint density at radius 2 is 1.87 bits per heavy atom. The molecule has 0 amide bonds. The molecule has 0 aliphatic heterocycles. The number of carboxylic acid groups (broad SMARTS) is 1. The van der Waals surface area contributed by atoms with Crippen LogP contribution in [-0.2, 0) is 17.6 Å². The van der Waals surface area contributed by atoms with Crippen LogP contribution in [-0.4, -0.2) is 16.1 Å². The lowest BCUT2D eigenvalue weighted by atomic mass is 10.0. The van der Waals surface area contributed by atoms with E-state index >= 15 is 0 Å². The number of aryl methyl sites for hydroxylation is 2. The minimum Gasteiger partial charge on any atom is -0.481 e. The van der Waals surface area contributed by atoms with E-state index in [9.17, 15) is 9.90 Å². The molecule has 0 saturated heterocycles. The molecule has 1 heterocycles. The summed E-state index contributed by atoms with van der Waals surface area (Å²) < 4.78 is 0. The van der Waals surface area contributed by atoms with Crippen LogP contribution in [0.1, 0.15) is 23.6 Å². The Bertz CT molecular complexity index is 879. The van der Waals surface area contributed by atoms with Gasteiger partial charge in [0.25, 0.3) is 0 Å². The number of aromatic amines is 1. The summed E-state index contributed by atoms with van der Waals surface area (Å²) in [6.45, 7) is 4.05. The number of hydrogen-bond acceptors (Lipinski definition) is 1. The van der Waals surface area contributed by atoms with Crippen LogP contribution in [0.15, 0.2) is 36.4 Å². The zero-order chi connectivity index (χ0) is 16.6. The molecule has 0 fully saturated rings. The van der Waals surface area contributed by atoms with Crippen LogP contribution in [0.5, 0.6) is 0 Å². The minimum absolute atomic E-state index is 0.0219. The summed E-state index contributed by atoms with van der Waals surface area (Å²) in [7, 11) is 0. The summed E-state index contributed by atoms with van der Waals surface area (Å²) in [6, 6.07) is 11.9. The highest BCUT2D eigenvalue weighted by Crippen LogP contribution is 2.34. The number of carboxylic acids is 1. The summed E-state index contributed by atoms with van der Waals surface area (Å²) in [5, 5.41) is 10.9. The van der Waals surface area contributed by atoms with Gasteiger partial charge in [0, 0.05) is 10.4 Å². The third-order valence-electron chi connectivity index (χ3n) is 4.25. The summed E-state index contributed by atoms with van der Waals surface area (Å²) >= 11 is 6.20. The predicted molar refractivity (Wildman–Crippen MR) is 94.2 cm³/mol. The second-order valence-electron chi connectivity index (χ2n) is 5.69. The second-order valence-corrected chi connectivity index (χ2v) is 6.10. The first-order chi connectivity index (χ1) is 11.0. The van der Waals surface area contributed by atoms with Crippen LogP contribution < -0.4 is 0 Å². The number of hydrogen-bond donors (Lipinski definition) is 2. The standard InChI is InChI=1S/C19H18ClNO2/c1-3-12-4-6-13(7-5-12)19-15(10-17(22)23)14-8-9-16(20)11(2)18(14)21-19/h4-9,21H,3,10H2,1-2H3,(H,22,23). The van der Waals surface area contributed by atoms with Gasteiger partial charge < -0.3 is 10.1 Å². The fourth-order valence-electron chi connectivity index (χ4n) is 2.92. The van der Waals surface area contributed by atoms with Gasteiger partial charge in [0.15, 0.2) is 0 Å². The molecule has 0 atom stereocenters. The van der Waals surface area contributed by atoms with E-state index in [1.54, 1.807) is 0 Å². The van der Waals surface area contributed by atoms with Crippen LogP contribution >= 0.6 is 11.6 Å². The molecule has 3 nitrogen and oxygen atoms in total. The number of aliphatic carboxylic acids is 1. The molecule has 1 aromatic heterocycles. The van der Waals surface area contributed by atoms with E-state index in [4.69, 9.17) is 11.6 Å². The molecule has 0 bridgehead atoms. The summed E-state index contributed by atoms with van der Waals surface area (Å²) in [6.07, 6.45) is 0.954. The van der Waals surface area contributed by atoms with Gasteiger partial charge in [-0.2, -0.15) is 0 Å². The molecule has 0 unspecified atom stereocenters. The van der Waals surface area contributed by atoms with Gasteiger partial charge >= 0.3 is 5.97 Å². The van der Waals surface area contributed by atoms with Crippen molar-refractivity contribution in [3.05, 3.63) is 58.1 Å². The molecule has 0 spiro atoms. The molecule has 3 aromatic rings. The summed E-state index contributed by atoms with van der Waals surface area (Å²) in [4.78, 5) is 14.7. The van der Waals surface area contributed by atoms with Gasteiger partial charge in [0.2, 0.25) is 0 Å². The zero-order valence-corrected chi connectivity index (χ0v) is 13.9. The number of H-pyrrole nitrogens is 1. The Labute approximate surface area is 139 Å². The monoisotopic (exact) mass is 327 g/mol. The maximum Gasteiger partial charge on any atom is 0.307 e. The average molecular weight is 328 g/mol. The van der Waals surface area contributed by atoms with Crippen LogP contribution in [0, 0.1) is 6.92 Å². The van der Waals surface area contributed by atoms with E-state index in [0.717, 1.165) is 39.7 Å². The Morgan fingerprint density at radius 1 is 1.17 bits per heavy atom. The molecule has 2 aromatic carbocycles. The first kappa shape index (κ1) is 15.6. The van der Waals surface area contributed by atoms with E-state index in [2.05, 4.69) is 24.0 Å². The van der Waals surface area contributed by atoms with Gasteiger partial charge in [-0.3, -0.25) is 4.79 Å². The summed E-state index contributed by atoms with van der Waals surface area (Å²) in [5.41, 5.74) is 5.75. The van der Waals surface area contributed by atoms with Crippen molar-refractivity contribution in [2.75, 3.05) is 0 Å². The van der Waals surface area contributed by atoms with Crippen molar-refractivity contribution in [2.24, 2.45) is 0 Å². The molecular formula is C19H18ClNO2. The van der Waals surface area contributed by atoms with Crippen LogP contribution in [0.3, 0.4) is 0 Å². The topological polar surface area (TPSA) is 53.1 Å². The zero-order valence-electron chi connectivity index (χ0n) is 13.1. The smallest absolute Gasteiger partial charge is 0.307 e. The fourth-order valence-corrected chi connectivity index (χ4v) is 3.08. The number of halogens is 1. The van der Waals surface area contributed by atoms with Gasteiger partial charge in [0.1, 0.15) is 0 Å². The van der Waals surface area contributed by atoms with Crippen molar-refractivity contribution in [1.29, 1.82) is 0 Å². The maximum absolute atomic E-state index is 11.3. The van der Waals surface area contributed by atoms with Crippen molar-refractivity contribution >= 4 is 28.5 Å². The Kier molecular flexibility index (Phi) is 4.14. The first-order valence-electron chi connectivity index (χ1n) is 7.62. The molecule has 0 radical (unpaired) electrons. The second kappa shape index (κ2) is 6.09. The highest BCUT2D eigenvalue weighted by atomic mass is 35.5. The van der Waals surface area contributed by atoms with Crippen molar-refractivity contribution in [2.45, 2.75) is 26.7 Å². The van der Waals surface area contributed by atoms with E-state index in [0.29, 0.717) is 5.02 Å². The minimum atomic E-state index is -0.843. The molecule has 3 rings (SSSR count). The van der Waals surface area contributed by atoms with Crippen molar-refractivity contribution < 1.29 is 9.90 Å². The van der Waals surface area contributed by atoms with Gasteiger partial charge in [-0.05, 0) is 41.7 Å². The molecule has 4 heteroatoms. The quantitative estimate of drug-likeness (QED) is 0.709. The summed E-state index contributed by atoms with van der Waals surface area (Å²) in [5.74, 6) is -0.843. The van der Waals surface area contributed by atoms with Gasteiger partial charge in [-0.15, -0.1) is 0 Å². The third-order valence-corrected chi connectivity index (χ3v) is 4.66. The van der Waals surface area contributed by atoms with Gasteiger partial charge in [-0.1, -0.05) is 48.9 Å². The fraction of sp³-hybridized carbons (Fsp3) is 0.211. The highest BCUT2D eigenvalue weighted by Gasteiger charge is 2.17. The molecule has 118 valence electrons. The van der Waals surface area contributed by atoms with Crippen molar-refractivity contribution in [1.82, 2.24) is 4.98 Å². The lowest BCUT2D eigenvalue weighted by molar-refractivity contribution is -0.136. The van der Waals surface area contributed by atoms with Crippen LogP contribution in [0.4, 0.5) is 0 Å². The highest BCUT2D eigenvalue weighted by molar-refractivity contribution is 6.32. The van der Waals surface area contributed by atoms with E-state index in [1.165, 1.54) is 5.56 Å². The first-order valence-corrected chi connectivity index (χ1v) is 7.99. The number of aromatic nitrogens is 1. The van der Waals surface area contributed by atoms with Crippen LogP contribution in [0.2, 0.25) is 5.02 Å². The molecule has 23 heavy (non-hydrogen) atoms. The average Bonchev–Trinajstić information content (AvgIpc) is 2.90. The number of rotatable bonds is 4. The number of fused-ring (bicyclic) bond motifs is 1. The molecule has 0 saturated carbocycles. The Morgan fingerprint density at radius 3 is 2.48 bits per heavy atom. The number of benzene rings is 2. The Hall–Kier alpha value is -2.26. The van der Waals surface area contributed by atoms with E-state index in [-0.39, 0.29) is 6.42 Å². The largest absolute Gasteiger partial charge is 0.481 e. The predicted octanol–water partition coefficient (Wildman–Crippen LogP) is 4.99. The van der Waals surface area contributed by atoms with Crippen molar-refractivity contribution in [3.63, 3.8) is 0 Å². The normalized spacial score (nSPS) is 11.1. The molecular weight excluding hydrogens is 310 g/mol. The lowest BCUT2D eigenvalue weighted by Gasteiger charge is -2.04. The lowest BCUT2D eigenvalue weighted by Crippen LogP contribution is -2.01. The van der Waals surface area contributed by atoms with Gasteiger partial charge in [0.05, 0.1) is 17.6 Å². The third kappa shape index (κ3) is 2.84. The van der Waals surface area contributed by atoms with Crippen LogP contribution in [0.25, 0.3) is 22.2 Å². The number of carbonyl (C=O) groups is 1. The van der Waals surface area contributed by atoms with Crippen molar-refractivity contribution in [3.8, 4) is 11.3 Å². The maximum atomic E-state index is 11.3.